The first-order chi connectivity index (χ1) is 9.79. The quantitative estimate of drug-likeness (QED) is 0.788. The molecule has 102 valence electrons. The Labute approximate surface area is 124 Å². The summed E-state index contributed by atoms with van der Waals surface area (Å²) in [6.07, 6.45) is 4.24. The first-order valence-corrected chi connectivity index (χ1v) is 7.23. The monoisotopic (exact) mass is 284 g/mol. The van der Waals surface area contributed by atoms with E-state index in [0.717, 1.165) is 17.9 Å². The fraction of sp³-hybridized carbons (Fsp3) is 0.222. The molecule has 1 aliphatic carbocycles. The summed E-state index contributed by atoms with van der Waals surface area (Å²) in [5.74, 6) is 0. The van der Waals surface area contributed by atoms with Gasteiger partial charge in [0.25, 0.3) is 0 Å². The van der Waals surface area contributed by atoms with E-state index in [0.29, 0.717) is 6.61 Å². The molecule has 0 atom stereocenters. The zero-order valence-corrected chi connectivity index (χ0v) is 12.3. The highest BCUT2D eigenvalue weighted by atomic mass is 35.5. The second-order valence-electron chi connectivity index (χ2n) is 5.03. The van der Waals surface area contributed by atoms with Gasteiger partial charge >= 0.3 is 0 Å². The minimum atomic E-state index is 0.617. The molecule has 2 heteroatoms. The summed E-state index contributed by atoms with van der Waals surface area (Å²) in [7, 11) is 1.72. The molecule has 1 aliphatic rings. The number of aryl methyl sites for hydroxylation is 2. The van der Waals surface area contributed by atoms with E-state index in [2.05, 4.69) is 42.5 Å². The van der Waals surface area contributed by atoms with Crippen molar-refractivity contribution in [3.63, 3.8) is 0 Å². The van der Waals surface area contributed by atoms with Crippen molar-refractivity contribution >= 4 is 17.2 Å². The van der Waals surface area contributed by atoms with Crippen LogP contribution in [0.3, 0.4) is 0 Å². The minimum absolute atomic E-state index is 0.617. The van der Waals surface area contributed by atoms with Crippen LogP contribution in [0.15, 0.2) is 48.5 Å². The molecule has 0 fully saturated rings. The van der Waals surface area contributed by atoms with Crippen LogP contribution < -0.4 is 0 Å². The summed E-state index contributed by atoms with van der Waals surface area (Å²) in [4.78, 5) is 0. The molecule has 0 amide bonds. The molecular formula is C18H17ClO. The maximum absolute atomic E-state index is 6.15. The lowest BCUT2D eigenvalue weighted by molar-refractivity contribution is 0.234. The molecule has 2 aromatic carbocycles. The molecule has 20 heavy (non-hydrogen) atoms. The van der Waals surface area contributed by atoms with E-state index in [1.165, 1.54) is 27.8 Å². The van der Waals surface area contributed by atoms with Gasteiger partial charge in [0.1, 0.15) is 0 Å². The number of rotatable bonds is 2. The lowest BCUT2D eigenvalue weighted by atomic mass is 9.94. The molecule has 0 spiro atoms. The maximum atomic E-state index is 6.15. The van der Waals surface area contributed by atoms with Crippen molar-refractivity contribution in [1.29, 1.82) is 0 Å². The van der Waals surface area contributed by atoms with Gasteiger partial charge in [-0.25, -0.2) is 0 Å². The van der Waals surface area contributed by atoms with Gasteiger partial charge < -0.3 is 4.74 Å². The van der Waals surface area contributed by atoms with E-state index < -0.39 is 0 Å². The molecule has 0 radical (unpaired) electrons. The van der Waals surface area contributed by atoms with Crippen LogP contribution in [0.1, 0.15) is 22.3 Å². The Morgan fingerprint density at radius 3 is 2.65 bits per heavy atom. The summed E-state index contributed by atoms with van der Waals surface area (Å²) in [5.41, 5.74) is 6.55. The average molecular weight is 285 g/mol. The van der Waals surface area contributed by atoms with Gasteiger partial charge in [-0.15, -0.1) is 0 Å². The van der Waals surface area contributed by atoms with Crippen molar-refractivity contribution in [3.05, 3.63) is 75.8 Å². The van der Waals surface area contributed by atoms with Gasteiger partial charge in [-0.3, -0.25) is 0 Å². The summed E-state index contributed by atoms with van der Waals surface area (Å²) < 4.78 is 5.24. The Hall–Kier alpha value is -1.57. The first-order valence-electron chi connectivity index (χ1n) is 6.86. The van der Waals surface area contributed by atoms with Gasteiger partial charge in [0.2, 0.25) is 0 Å². The predicted octanol–water partition coefficient (Wildman–Crippen LogP) is 4.52. The number of ether oxygens (including phenoxy) is 1. The highest BCUT2D eigenvalue weighted by Gasteiger charge is 2.17. The SMILES string of the molecule is COCC=C1c2ccccc2CCc2cc(Cl)ccc21. The molecular weight excluding hydrogens is 268 g/mol. The smallest absolute Gasteiger partial charge is 0.0652 e. The van der Waals surface area contributed by atoms with Crippen molar-refractivity contribution in [3.8, 4) is 0 Å². The maximum Gasteiger partial charge on any atom is 0.0652 e. The number of benzene rings is 2. The zero-order valence-electron chi connectivity index (χ0n) is 11.5. The number of hydrogen-bond acceptors (Lipinski definition) is 1. The fourth-order valence-corrected chi connectivity index (χ4v) is 3.03. The lowest BCUT2D eigenvalue weighted by Crippen LogP contribution is -1.94. The standard InChI is InChI=1S/C18H17ClO/c1-20-11-10-18-16-5-3-2-4-13(16)6-7-14-12-15(19)8-9-17(14)18/h2-5,8-10,12H,6-7,11H2,1H3. The van der Waals surface area contributed by atoms with Gasteiger partial charge in [0, 0.05) is 12.1 Å². The van der Waals surface area contributed by atoms with Crippen LogP contribution in [-0.4, -0.2) is 13.7 Å². The molecule has 0 aliphatic heterocycles. The molecule has 0 saturated carbocycles. The second kappa shape index (κ2) is 5.82. The topological polar surface area (TPSA) is 9.23 Å². The van der Waals surface area contributed by atoms with Crippen LogP contribution in [0.25, 0.3) is 5.57 Å². The largest absolute Gasteiger partial charge is 0.381 e. The first kappa shape index (κ1) is 13.4. The Morgan fingerprint density at radius 1 is 1.05 bits per heavy atom. The number of halogens is 1. The van der Waals surface area contributed by atoms with Gasteiger partial charge in [0.15, 0.2) is 0 Å². The van der Waals surface area contributed by atoms with Crippen molar-refractivity contribution < 1.29 is 4.74 Å². The van der Waals surface area contributed by atoms with Crippen LogP contribution in [-0.2, 0) is 17.6 Å². The molecule has 1 nitrogen and oxygen atoms in total. The molecule has 0 N–H and O–H groups in total. The Morgan fingerprint density at radius 2 is 1.80 bits per heavy atom. The van der Waals surface area contributed by atoms with Gasteiger partial charge in [-0.2, -0.15) is 0 Å². The third-order valence-corrected chi connectivity index (χ3v) is 4.02. The molecule has 0 aromatic heterocycles. The summed E-state index contributed by atoms with van der Waals surface area (Å²) in [6.45, 7) is 0.617. The van der Waals surface area contributed by atoms with Gasteiger partial charge in [-0.1, -0.05) is 48.0 Å². The summed E-state index contributed by atoms with van der Waals surface area (Å²) >= 11 is 6.15. The fourth-order valence-electron chi connectivity index (χ4n) is 2.83. The average Bonchev–Trinajstić information content (AvgIpc) is 2.62. The van der Waals surface area contributed by atoms with Crippen molar-refractivity contribution in [2.24, 2.45) is 0 Å². The molecule has 2 aromatic rings. The van der Waals surface area contributed by atoms with E-state index in [9.17, 15) is 0 Å². The van der Waals surface area contributed by atoms with Crippen LogP contribution >= 0.6 is 11.6 Å². The highest BCUT2D eigenvalue weighted by molar-refractivity contribution is 6.30. The third-order valence-electron chi connectivity index (χ3n) is 3.78. The van der Waals surface area contributed by atoms with Gasteiger partial charge in [-0.05, 0) is 52.8 Å². The lowest BCUT2D eigenvalue weighted by Gasteiger charge is -2.12. The third kappa shape index (κ3) is 2.52. The van der Waals surface area contributed by atoms with Crippen LogP contribution in [0.4, 0.5) is 0 Å². The molecule has 0 bridgehead atoms. The second-order valence-corrected chi connectivity index (χ2v) is 5.47. The van der Waals surface area contributed by atoms with Gasteiger partial charge in [0.05, 0.1) is 6.61 Å². The number of hydrogen-bond donors (Lipinski definition) is 0. The molecule has 0 unspecified atom stereocenters. The van der Waals surface area contributed by atoms with E-state index in [1.807, 2.05) is 6.07 Å². The Balaban J connectivity index is 2.19. The van der Waals surface area contributed by atoms with E-state index in [1.54, 1.807) is 7.11 Å². The van der Waals surface area contributed by atoms with Crippen molar-refractivity contribution in [2.45, 2.75) is 12.8 Å². The summed E-state index contributed by atoms with van der Waals surface area (Å²) in [6, 6.07) is 14.8. The molecule has 0 heterocycles. The molecule has 3 rings (SSSR count). The van der Waals surface area contributed by atoms with E-state index >= 15 is 0 Å². The van der Waals surface area contributed by atoms with Crippen molar-refractivity contribution in [1.82, 2.24) is 0 Å². The number of methoxy groups -OCH3 is 1. The van der Waals surface area contributed by atoms with Crippen LogP contribution in [0, 0.1) is 0 Å². The predicted molar refractivity (Wildman–Crippen MR) is 84.3 cm³/mol. The Kier molecular flexibility index (Phi) is 3.90. The Bertz CT molecular complexity index is 658. The van der Waals surface area contributed by atoms with Crippen molar-refractivity contribution in [2.75, 3.05) is 13.7 Å². The van der Waals surface area contributed by atoms with E-state index in [-0.39, 0.29) is 0 Å². The number of fused-ring (bicyclic) bond motifs is 2. The molecule has 0 saturated heterocycles. The van der Waals surface area contributed by atoms with Crippen LogP contribution in [0.5, 0.6) is 0 Å². The minimum Gasteiger partial charge on any atom is -0.381 e. The van der Waals surface area contributed by atoms with Crippen LogP contribution in [0.2, 0.25) is 5.02 Å². The highest BCUT2D eigenvalue weighted by Crippen LogP contribution is 2.34. The summed E-state index contributed by atoms with van der Waals surface area (Å²) in [5, 5.41) is 0.806. The van der Waals surface area contributed by atoms with E-state index in [4.69, 9.17) is 16.3 Å². The zero-order chi connectivity index (χ0) is 13.9. The normalized spacial score (nSPS) is 15.6.